The highest BCUT2D eigenvalue weighted by Gasteiger charge is 2.25. The van der Waals surface area contributed by atoms with Crippen LogP contribution in [-0.4, -0.2) is 51.9 Å². The standard InChI is InChI=1S/C22H21N5O2S/c1-15-18(24-20(29-15)16-6-3-2-4-7-16)14-19(28)26-10-12-27(13-11-26)22-25-17-8-5-9-23-21(17)30-22/h2-9H,10-14H2,1H3. The van der Waals surface area contributed by atoms with Crippen molar-refractivity contribution < 1.29 is 9.21 Å². The molecule has 0 aliphatic carbocycles. The van der Waals surface area contributed by atoms with E-state index in [4.69, 9.17) is 4.42 Å². The van der Waals surface area contributed by atoms with Gasteiger partial charge in [-0.1, -0.05) is 29.5 Å². The maximum atomic E-state index is 12.9. The van der Waals surface area contributed by atoms with Crippen LogP contribution >= 0.6 is 11.3 Å². The Morgan fingerprint density at radius 3 is 2.63 bits per heavy atom. The second kappa shape index (κ2) is 7.87. The van der Waals surface area contributed by atoms with Crippen LogP contribution in [0.15, 0.2) is 53.1 Å². The lowest BCUT2D eigenvalue weighted by atomic mass is 10.2. The van der Waals surface area contributed by atoms with Gasteiger partial charge in [-0.15, -0.1) is 0 Å². The van der Waals surface area contributed by atoms with Gasteiger partial charge in [0.15, 0.2) is 5.13 Å². The van der Waals surface area contributed by atoms with Gasteiger partial charge in [-0.05, 0) is 31.2 Å². The maximum Gasteiger partial charge on any atom is 0.228 e. The van der Waals surface area contributed by atoms with E-state index in [1.807, 2.05) is 54.3 Å². The minimum Gasteiger partial charge on any atom is -0.441 e. The quantitative estimate of drug-likeness (QED) is 0.504. The number of aryl methyl sites for hydroxylation is 1. The fraction of sp³-hybridized carbons (Fsp3) is 0.273. The van der Waals surface area contributed by atoms with E-state index in [1.54, 1.807) is 17.5 Å². The van der Waals surface area contributed by atoms with Gasteiger partial charge in [-0.25, -0.2) is 15.0 Å². The number of oxazole rings is 1. The fourth-order valence-electron chi connectivity index (χ4n) is 3.59. The molecule has 1 aromatic carbocycles. The first-order valence-corrected chi connectivity index (χ1v) is 10.7. The van der Waals surface area contributed by atoms with Crippen LogP contribution in [-0.2, 0) is 11.2 Å². The van der Waals surface area contributed by atoms with Gasteiger partial charge in [-0.3, -0.25) is 4.79 Å². The van der Waals surface area contributed by atoms with Crippen LogP contribution in [0.3, 0.4) is 0 Å². The lowest BCUT2D eigenvalue weighted by Gasteiger charge is -2.34. The van der Waals surface area contributed by atoms with Crippen molar-refractivity contribution in [3.63, 3.8) is 0 Å². The third-order valence-electron chi connectivity index (χ3n) is 5.29. The molecule has 0 spiro atoms. The molecule has 3 aromatic heterocycles. The zero-order valence-electron chi connectivity index (χ0n) is 16.6. The van der Waals surface area contributed by atoms with Crippen molar-refractivity contribution >= 4 is 32.7 Å². The molecule has 7 nitrogen and oxygen atoms in total. The molecule has 4 aromatic rings. The number of anilines is 1. The summed E-state index contributed by atoms with van der Waals surface area (Å²) in [5, 5.41) is 0.968. The van der Waals surface area contributed by atoms with Crippen LogP contribution < -0.4 is 4.90 Å². The summed E-state index contributed by atoms with van der Waals surface area (Å²) < 4.78 is 5.79. The highest BCUT2D eigenvalue weighted by molar-refractivity contribution is 7.21. The Morgan fingerprint density at radius 2 is 1.87 bits per heavy atom. The number of fused-ring (bicyclic) bond motifs is 1. The molecule has 5 rings (SSSR count). The first kappa shape index (κ1) is 18.7. The van der Waals surface area contributed by atoms with E-state index >= 15 is 0 Å². The van der Waals surface area contributed by atoms with Gasteiger partial charge in [0.25, 0.3) is 0 Å². The summed E-state index contributed by atoms with van der Waals surface area (Å²) in [6.45, 7) is 4.73. The predicted octanol–water partition coefficient (Wildman–Crippen LogP) is 3.55. The van der Waals surface area contributed by atoms with Gasteiger partial charge in [0, 0.05) is 37.9 Å². The van der Waals surface area contributed by atoms with Gasteiger partial charge in [0.1, 0.15) is 16.1 Å². The minimum absolute atomic E-state index is 0.0802. The van der Waals surface area contributed by atoms with Gasteiger partial charge in [-0.2, -0.15) is 0 Å². The summed E-state index contributed by atoms with van der Waals surface area (Å²) in [4.78, 5) is 31.5. The largest absolute Gasteiger partial charge is 0.441 e. The third kappa shape index (κ3) is 3.66. The SMILES string of the molecule is Cc1oc(-c2ccccc2)nc1CC(=O)N1CCN(c2nc3cccnc3s2)CC1. The molecule has 8 heteroatoms. The summed E-state index contributed by atoms with van der Waals surface area (Å²) in [6.07, 6.45) is 2.04. The number of hydrogen-bond acceptors (Lipinski definition) is 7. The summed E-state index contributed by atoms with van der Waals surface area (Å²) in [5.74, 6) is 1.34. The number of benzene rings is 1. The van der Waals surface area contributed by atoms with Gasteiger partial charge >= 0.3 is 0 Å². The second-order valence-corrected chi connectivity index (χ2v) is 8.21. The highest BCUT2D eigenvalue weighted by atomic mass is 32.1. The zero-order valence-corrected chi connectivity index (χ0v) is 17.4. The number of thiazole rings is 1. The number of aromatic nitrogens is 3. The van der Waals surface area contributed by atoms with E-state index in [0.29, 0.717) is 30.4 Å². The molecule has 0 bridgehead atoms. The predicted molar refractivity (Wildman–Crippen MR) is 117 cm³/mol. The summed E-state index contributed by atoms with van der Waals surface area (Å²) in [5.41, 5.74) is 2.54. The Morgan fingerprint density at radius 1 is 1.07 bits per heavy atom. The van der Waals surface area contributed by atoms with Crippen LogP contribution in [0.1, 0.15) is 11.5 Å². The zero-order chi connectivity index (χ0) is 20.5. The summed E-state index contributed by atoms with van der Waals surface area (Å²) in [6, 6.07) is 13.6. The van der Waals surface area contributed by atoms with Crippen LogP contribution in [0.2, 0.25) is 0 Å². The number of piperazine rings is 1. The van der Waals surface area contributed by atoms with E-state index in [0.717, 1.165) is 34.1 Å². The lowest BCUT2D eigenvalue weighted by Crippen LogP contribution is -2.49. The molecule has 1 amide bonds. The van der Waals surface area contributed by atoms with Gasteiger partial charge in [0.2, 0.25) is 11.8 Å². The Hall–Kier alpha value is -3.26. The third-order valence-corrected chi connectivity index (χ3v) is 6.33. The highest BCUT2D eigenvalue weighted by Crippen LogP contribution is 2.28. The molecule has 0 N–H and O–H groups in total. The Kier molecular flexibility index (Phi) is 4.92. The first-order chi connectivity index (χ1) is 14.7. The van der Waals surface area contributed by atoms with Crippen molar-refractivity contribution in [1.29, 1.82) is 0 Å². The maximum absolute atomic E-state index is 12.9. The van der Waals surface area contributed by atoms with Crippen molar-refractivity contribution in [3.8, 4) is 11.5 Å². The molecule has 1 aliphatic heterocycles. The number of pyridine rings is 1. The van der Waals surface area contributed by atoms with Crippen LogP contribution in [0.5, 0.6) is 0 Å². The van der Waals surface area contributed by atoms with E-state index < -0.39 is 0 Å². The fourth-order valence-corrected chi connectivity index (χ4v) is 4.55. The normalized spacial score (nSPS) is 14.4. The number of amides is 1. The molecule has 1 fully saturated rings. The molecule has 4 heterocycles. The average Bonchev–Trinajstić information content (AvgIpc) is 3.38. The van der Waals surface area contributed by atoms with E-state index in [1.165, 1.54) is 0 Å². The smallest absolute Gasteiger partial charge is 0.228 e. The molecular formula is C22H21N5O2S. The molecule has 152 valence electrons. The Balaban J connectivity index is 1.22. The van der Waals surface area contributed by atoms with Crippen LogP contribution in [0, 0.1) is 6.92 Å². The number of carbonyl (C=O) groups excluding carboxylic acids is 1. The lowest BCUT2D eigenvalue weighted by molar-refractivity contribution is -0.130. The van der Waals surface area contributed by atoms with Crippen molar-refractivity contribution in [3.05, 3.63) is 60.1 Å². The van der Waals surface area contributed by atoms with E-state index in [9.17, 15) is 4.79 Å². The molecule has 0 atom stereocenters. The average molecular weight is 420 g/mol. The van der Waals surface area contributed by atoms with Gasteiger partial charge < -0.3 is 14.2 Å². The van der Waals surface area contributed by atoms with Crippen molar-refractivity contribution in [1.82, 2.24) is 19.9 Å². The van der Waals surface area contributed by atoms with Crippen LogP contribution in [0.4, 0.5) is 5.13 Å². The summed E-state index contributed by atoms with van der Waals surface area (Å²) >= 11 is 1.60. The van der Waals surface area contributed by atoms with Crippen molar-refractivity contribution in [2.75, 3.05) is 31.1 Å². The number of nitrogens with zero attached hydrogens (tertiary/aromatic N) is 5. The molecule has 0 saturated carbocycles. The Labute approximate surface area is 178 Å². The molecule has 30 heavy (non-hydrogen) atoms. The number of rotatable bonds is 4. The van der Waals surface area contributed by atoms with E-state index in [2.05, 4.69) is 19.9 Å². The molecule has 0 unspecified atom stereocenters. The van der Waals surface area contributed by atoms with Crippen molar-refractivity contribution in [2.45, 2.75) is 13.3 Å². The van der Waals surface area contributed by atoms with Crippen LogP contribution in [0.25, 0.3) is 21.8 Å². The minimum atomic E-state index is 0.0802. The number of hydrogen-bond donors (Lipinski definition) is 0. The second-order valence-electron chi connectivity index (χ2n) is 7.26. The van der Waals surface area contributed by atoms with Crippen molar-refractivity contribution in [2.24, 2.45) is 0 Å². The molecule has 0 radical (unpaired) electrons. The summed E-state index contributed by atoms with van der Waals surface area (Å²) in [7, 11) is 0. The molecular weight excluding hydrogens is 398 g/mol. The first-order valence-electron chi connectivity index (χ1n) is 9.93. The Bertz CT molecular complexity index is 1150. The molecule has 1 saturated heterocycles. The molecule has 1 aliphatic rings. The topological polar surface area (TPSA) is 75.4 Å². The van der Waals surface area contributed by atoms with Gasteiger partial charge in [0.05, 0.1) is 12.1 Å². The van der Waals surface area contributed by atoms with E-state index in [-0.39, 0.29) is 12.3 Å². The number of carbonyl (C=O) groups is 1. The monoisotopic (exact) mass is 419 g/mol.